The average molecular weight is 218 g/mol. The fourth-order valence-electron chi connectivity index (χ4n) is 1.50. The van der Waals surface area contributed by atoms with E-state index in [0.29, 0.717) is 12.3 Å². The third-order valence-electron chi connectivity index (χ3n) is 2.18. The van der Waals surface area contributed by atoms with Gasteiger partial charge >= 0.3 is 0 Å². The number of rotatable bonds is 3. The monoisotopic (exact) mass is 218 g/mol. The fraction of sp³-hybridized carbons (Fsp3) is 0.250. The van der Waals surface area contributed by atoms with Crippen LogP contribution in [0.4, 0.5) is 0 Å². The van der Waals surface area contributed by atoms with Crippen LogP contribution in [-0.4, -0.2) is 16.1 Å². The van der Waals surface area contributed by atoms with Gasteiger partial charge < -0.3 is 15.3 Å². The van der Waals surface area contributed by atoms with Crippen molar-refractivity contribution in [3.05, 3.63) is 36.2 Å². The van der Waals surface area contributed by atoms with Crippen molar-refractivity contribution in [1.29, 1.82) is 0 Å². The Bertz CT molecular complexity index is 477. The molecule has 2 aromatic rings. The Balaban J connectivity index is 2.24. The molecular weight excluding hydrogens is 204 g/mol. The number of oxazole rings is 1. The van der Waals surface area contributed by atoms with Gasteiger partial charge in [-0.05, 0) is 25.1 Å². The van der Waals surface area contributed by atoms with Crippen molar-refractivity contribution >= 4 is 0 Å². The van der Waals surface area contributed by atoms with E-state index >= 15 is 0 Å². The molecule has 0 aliphatic carbocycles. The van der Waals surface area contributed by atoms with E-state index in [1.807, 2.05) is 13.0 Å². The van der Waals surface area contributed by atoms with E-state index in [2.05, 4.69) is 4.98 Å². The van der Waals surface area contributed by atoms with Crippen molar-refractivity contribution in [1.82, 2.24) is 4.98 Å². The summed E-state index contributed by atoms with van der Waals surface area (Å²) in [4.78, 5) is 4.30. The third kappa shape index (κ3) is 2.41. The van der Waals surface area contributed by atoms with E-state index in [9.17, 15) is 5.11 Å². The second-order valence-corrected chi connectivity index (χ2v) is 3.88. The molecule has 4 heteroatoms. The van der Waals surface area contributed by atoms with Crippen LogP contribution < -0.4 is 5.73 Å². The number of aromatic nitrogens is 1. The van der Waals surface area contributed by atoms with Gasteiger partial charge in [0.2, 0.25) is 5.89 Å². The zero-order valence-corrected chi connectivity index (χ0v) is 9.05. The lowest BCUT2D eigenvalue weighted by molar-refractivity contribution is 0.475. The smallest absolute Gasteiger partial charge is 0.226 e. The molecule has 0 saturated carbocycles. The van der Waals surface area contributed by atoms with Crippen LogP contribution in [0, 0.1) is 0 Å². The van der Waals surface area contributed by atoms with Crippen LogP contribution in [-0.2, 0) is 6.42 Å². The van der Waals surface area contributed by atoms with Gasteiger partial charge in [-0.25, -0.2) is 4.98 Å². The van der Waals surface area contributed by atoms with Crippen LogP contribution in [0.3, 0.4) is 0 Å². The fourth-order valence-corrected chi connectivity index (χ4v) is 1.50. The molecule has 3 N–H and O–H groups in total. The molecule has 4 nitrogen and oxygen atoms in total. The molecule has 1 aromatic heterocycles. The van der Waals surface area contributed by atoms with Gasteiger partial charge in [0, 0.05) is 18.0 Å². The van der Waals surface area contributed by atoms with Crippen LogP contribution in [0.2, 0.25) is 0 Å². The molecule has 0 aliphatic rings. The highest BCUT2D eigenvalue weighted by Gasteiger charge is 2.08. The Kier molecular flexibility index (Phi) is 2.92. The van der Waals surface area contributed by atoms with Crippen LogP contribution in [0.25, 0.3) is 11.5 Å². The summed E-state index contributed by atoms with van der Waals surface area (Å²) in [6.07, 6.45) is 2.28. The summed E-state index contributed by atoms with van der Waals surface area (Å²) >= 11 is 0. The molecular formula is C12H14N2O2. The molecule has 2 rings (SSSR count). The molecule has 16 heavy (non-hydrogen) atoms. The lowest BCUT2D eigenvalue weighted by atomic mass is 10.2. The number of nitrogens with two attached hydrogens (primary N) is 1. The molecule has 0 fully saturated rings. The molecule has 1 heterocycles. The Hall–Kier alpha value is -1.81. The Labute approximate surface area is 93.7 Å². The summed E-state index contributed by atoms with van der Waals surface area (Å²) in [5, 5.41) is 9.34. The minimum absolute atomic E-state index is 0.0575. The zero-order valence-electron chi connectivity index (χ0n) is 9.05. The van der Waals surface area contributed by atoms with Gasteiger partial charge in [0.25, 0.3) is 0 Å². The van der Waals surface area contributed by atoms with E-state index in [-0.39, 0.29) is 11.8 Å². The lowest BCUT2D eigenvalue weighted by Gasteiger charge is -1.98. The number of nitrogens with zero attached hydrogens (tertiary/aromatic N) is 1. The van der Waals surface area contributed by atoms with Gasteiger partial charge in [-0.3, -0.25) is 0 Å². The highest BCUT2D eigenvalue weighted by molar-refractivity contribution is 5.55. The highest BCUT2D eigenvalue weighted by atomic mass is 16.3. The normalized spacial score (nSPS) is 12.6. The van der Waals surface area contributed by atoms with Crippen molar-refractivity contribution in [2.24, 2.45) is 5.73 Å². The molecule has 0 saturated heterocycles. The second kappa shape index (κ2) is 4.37. The van der Waals surface area contributed by atoms with Crippen molar-refractivity contribution in [3.63, 3.8) is 0 Å². The lowest BCUT2D eigenvalue weighted by Crippen LogP contribution is -2.17. The van der Waals surface area contributed by atoms with Crippen LogP contribution >= 0.6 is 0 Å². The zero-order chi connectivity index (χ0) is 11.5. The third-order valence-corrected chi connectivity index (χ3v) is 2.18. The summed E-state index contributed by atoms with van der Waals surface area (Å²) in [6, 6.07) is 6.86. The Morgan fingerprint density at radius 1 is 1.50 bits per heavy atom. The van der Waals surface area contributed by atoms with Crippen molar-refractivity contribution in [2.45, 2.75) is 19.4 Å². The van der Waals surface area contributed by atoms with Gasteiger partial charge in [-0.15, -0.1) is 0 Å². The van der Waals surface area contributed by atoms with Crippen molar-refractivity contribution in [2.75, 3.05) is 0 Å². The maximum absolute atomic E-state index is 9.34. The van der Waals surface area contributed by atoms with Gasteiger partial charge in [-0.1, -0.05) is 6.07 Å². The first kappa shape index (κ1) is 10.7. The maximum atomic E-state index is 9.34. The van der Waals surface area contributed by atoms with E-state index in [4.69, 9.17) is 10.2 Å². The molecule has 0 aliphatic heterocycles. The minimum Gasteiger partial charge on any atom is -0.508 e. The first-order valence-electron chi connectivity index (χ1n) is 5.14. The van der Waals surface area contributed by atoms with Gasteiger partial charge in [0.1, 0.15) is 12.0 Å². The van der Waals surface area contributed by atoms with Gasteiger partial charge in [0.05, 0.1) is 5.69 Å². The Morgan fingerprint density at radius 2 is 2.31 bits per heavy atom. The SMILES string of the molecule is CC(N)Cc1coc(-c2cccc(O)c2)n1. The van der Waals surface area contributed by atoms with Crippen molar-refractivity contribution in [3.8, 4) is 17.2 Å². The molecule has 84 valence electrons. The van der Waals surface area contributed by atoms with E-state index < -0.39 is 0 Å². The summed E-state index contributed by atoms with van der Waals surface area (Å²) in [5.41, 5.74) is 7.26. The molecule has 1 unspecified atom stereocenters. The summed E-state index contributed by atoms with van der Waals surface area (Å²) in [7, 11) is 0. The van der Waals surface area contributed by atoms with Gasteiger partial charge in [-0.2, -0.15) is 0 Å². The topological polar surface area (TPSA) is 72.3 Å². The first-order chi connectivity index (χ1) is 7.65. The summed E-state index contributed by atoms with van der Waals surface area (Å²) in [6.45, 7) is 1.92. The number of hydrogen-bond acceptors (Lipinski definition) is 4. The average Bonchev–Trinajstić information content (AvgIpc) is 2.65. The second-order valence-electron chi connectivity index (χ2n) is 3.88. The van der Waals surface area contributed by atoms with Crippen LogP contribution in [0.1, 0.15) is 12.6 Å². The van der Waals surface area contributed by atoms with Crippen LogP contribution in [0.15, 0.2) is 34.9 Å². The maximum Gasteiger partial charge on any atom is 0.226 e. The number of hydrogen-bond donors (Lipinski definition) is 2. The predicted octanol–water partition coefficient (Wildman–Crippen LogP) is 1.94. The van der Waals surface area contributed by atoms with E-state index in [0.717, 1.165) is 11.3 Å². The number of phenols is 1. The van der Waals surface area contributed by atoms with E-state index in [1.54, 1.807) is 24.5 Å². The number of phenolic OH excluding ortho intramolecular Hbond substituents is 1. The molecule has 1 aromatic carbocycles. The number of aromatic hydroxyl groups is 1. The molecule has 1 atom stereocenters. The standard InChI is InChI=1S/C12H14N2O2/c1-8(13)5-10-7-16-12(14-10)9-3-2-4-11(15)6-9/h2-4,6-8,15H,5,13H2,1H3. The first-order valence-corrected chi connectivity index (χ1v) is 5.14. The molecule has 0 radical (unpaired) electrons. The number of benzene rings is 1. The highest BCUT2D eigenvalue weighted by Crippen LogP contribution is 2.22. The Morgan fingerprint density at radius 3 is 3.00 bits per heavy atom. The molecule has 0 spiro atoms. The quantitative estimate of drug-likeness (QED) is 0.825. The van der Waals surface area contributed by atoms with Gasteiger partial charge in [0.15, 0.2) is 0 Å². The summed E-state index contributed by atoms with van der Waals surface area (Å²) < 4.78 is 5.33. The van der Waals surface area contributed by atoms with Crippen LogP contribution in [0.5, 0.6) is 5.75 Å². The van der Waals surface area contributed by atoms with Crippen molar-refractivity contribution < 1.29 is 9.52 Å². The largest absolute Gasteiger partial charge is 0.508 e. The molecule has 0 amide bonds. The predicted molar refractivity (Wildman–Crippen MR) is 61.0 cm³/mol. The minimum atomic E-state index is 0.0575. The molecule has 0 bridgehead atoms. The van der Waals surface area contributed by atoms with E-state index in [1.165, 1.54) is 0 Å². The summed E-state index contributed by atoms with van der Waals surface area (Å²) in [5.74, 6) is 0.705.